The predicted molar refractivity (Wildman–Crippen MR) is 128 cm³/mol. The molecular weight excluding hydrogens is 458 g/mol. The van der Waals surface area contributed by atoms with Crippen molar-refractivity contribution in [3.63, 3.8) is 0 Å². The molecule has 1 aromatic heterocycles. The molecule has 33 heavy (non-hydrogen) atoms. The van der Waals surface area contributed by atoms with Crippen molar-refractivity contribution in [1.82, 2.24) is 9.62 Å². The standard InChI is InChI=1S/C24H23N3O4S2/c1-14-5-3-6-17(15(14)2)16-8-9-19-18(13-16)24(29)27-11-10-20(22(27)23(28)25-19)26-33(30,31)21-7-4-12-32-21/h3-9,12-13,20,22,26H,10-11H2,1-2H3,(H,25,28). The molecule has 0 bridgehead atoms. The molecule has 2 amide bonds. The van der Waals surface area contributed by atoms with Gasteiger partial charge in [0.05, 0.1) is 17.3 Å². The summed E-state index contributed by atoms with van der Waals surface area (Å²) in [7, 11) is -3.77. The van der Waals surface area contributed by atoms with Crippen molar-refractivity contribution in [1.29, 1.82) is 0 Å². The van der Waals surface area contributed by atoms with Crippen molar-refractivity contribution in [2.24, 2.45) is 0 Å². The van der Waals surface area contributed by atoms with Crippen molar-refractivity contribution in [3.8, 4) is 11.1 Å². The zero-order valence-corrected chi connectivity index (χ0v) is 19.8. The second-order valence-electron chi connectivity index (χ2n) is 8.39. The number of carbonyl (C=O) groups is 2. The van der Waals surface area contributed by atoms with Gasteiger partial charge in [0.15, 0.2) is 0 Å². The van der Waals surface area contributed by atoms with Crippen LogP contribution in [-0.2, 0) is 14.8 Å². The number of sulfonamides is 1. The third-order valence-electron chi connectivity index (χ3n) is 6.42. The Labute approximate surface area is 196 Å². The fourth-order valence-corrected chi connectivity index (χ4v) is 6.85. The maximum Gasteiger partial charge on any atom is 0.256 e. The van der Waals surface area contributed by atoms with Crippen LogP contribution in [0.15, 0.2) is 58.1 Å². The van der Waals surface area contributed by atoms with Crippen molar-refractivity contribution in [2.75, 3.05) is 11.9 Å². The van der Waals surface area contributed by atoms with Gasteiger partial charge in [-0.25, -0.2) is 13.1 Å². The van der Waals surface area contributed by atoms with E-state index < -0.39 is 28.0 Å². The minimum atomic E-state index is -3.77. The van der Waals surface area contributed by atoms with Crippen LogP contribution in [0.3, 0.4) is 0 Å². The van der Waals surface area contributed by atoms with Crippen LogP contribution in [0.2, 0.25) is 0 Å². The van der Waals surface area contributed by atoms with Gasteiger partial charge in [-0.2, -0.15) is 0 Å². The summed E-state index contributed by atoms with van der Waals surface area (Å²) in [5, 5.41) is 4.53. The molecule has 9 heteroatoms. The molecule has 2 aromatic carbocycles. The number of hydrogen-bond donors (Lipinski definition) is 2. The highest BCUT2D eigenvalue weighted by molar-refractivity contribution is 7.91. The number of carbonyl (C=O) groups excluding carboxylic acids is 2. The second kappa shape index (κ2) is 8.09. The molecule has 5 rings (SSSR count). The highest BCUT2D eigenvalue weighted by atomic mass is 32.2. The Morgan fingerprint density at radius 2 is 1.88 bits per heavy atom. The number of nitrogens with zero attached hydrogens (tertiary/aromatic N) is 1. The van der Waals surface area contributed by atoms with Gasteiger partial charge in [0.1, 0.15) is 10.3 Å². The molecule has 0 saturated carbocycles. The van der Waals surface area contributed by atoms with E-state index in [4.69, 9.17) is 0 Å². The van der Waals surface area contributed by atoms with Gasteiger partial charge in [-0.1, -0.05) is 30.3 Å². The van der Waals surface area contributed by atoms with Crippen LogP contribution in [0.5, 0.6) is 0 Å². The third-order valence-corrected chi connectivity index (χ3v) is 9.30. The average Bonchev–Trinajstić information content (AvgIpc) is 3.44. The van der Waals surface area contributed by atoms with Gasteiger partial charge in [0.2, 0.25) is 15.9 Å². The average molecular weight is 482 g/mol. The summed E-state index contributed by atoms with van der Waals surface area (Å²) in [4.78, 5) is 28.1. The predicted octanol–water partition coefficient (Wildman–Crippen LogP) is 3.55. The molecule has 1 fully saturated rings. The lowest BCUT2D eigenvalue weighted by atomic mass is 9.95. The minimum absolute atomic E-state index is 0.183. The van der Waals surface area contributed by atoms with E-state index in [1.807, 2.05) is 44.2 Å². The molecule has 3 heterocycles. The molecular formula is C24H23N3O4S2. The van der Waals surface area contributed by atoms with E-state index in [-0.39, 0.29) is 10.1 Å². The van der Waals surface area contributed by atoms with E-state index in [1.54, 1.807) is 17.5 Å². The Bertz CT molecular complexity index is 1370. The highest BCUT2D eigenvalue weighted by Crippen LogP contribution is 2.34. The van der Waals surface area contributed by atoms with Crippen molar-refractivity contribution in [2.45, 2.75) is 36.6 Å². The number of rotatable bonds is 4. The summed E-state index contributed by atoms with van der Waals surface area (Å²) in [5.74, 6) is -0.670. The summed E-state index contributed by atoms with van der Waals surface area (Å²) in [6.45, 7) is 4.38. The van der Waals surface area contributed by atoms with Crippen molar-refractivity contribution in [3.05, 3.63) is 70.6 Å². The van der Waals surface area contributed by atoms with Gasteiger partial charge in [-0.05, 0) is 66.1 Å². The fourth-order valence-electron chi connectivity index (χ4n) is 4.56. The molecule has 1 saturated heterocycles. The number of anilines is 1. The highest BCUT2D eigenvalue weighted by Gasteiger charge is 2.46. The van der Waals surface area contributed by atoms with Crippen molar-refractivity contribution < 1.29 is 18.0 Å². The number of fused-ring (bicyclic) bond motifs is 2. The topological polar surface area (TPSA) is 95.6 Å². The molecule has 2 N–H and O–H groups in total. The third kappa shape index (κ3) is 3.76. The van der Waals surface area contributed by atoms with Crippen LogP contribution in [0.4, 0.5) is 5.69 Å². The number of nitrogens with one attached hydrogen (secondary N) is 2. The summed E-state index contributed by atoms with van der Waals surface area (Å²) in [5.41, 5.74) is 5.05. The van der Waals surface area contributed by atoms with Gasteiger partial charge in [-0.3, -0.25) is 9.59 Å². The van der Waals surface area contributed by atoms with Gasteiger partial charge < -0.3 is 10.2 Å². The number of hydrogen-bond acceptors (Lipinski definition) is 5. The normalized spacial score (nSPS) is 20.2. The summed E-state index contributed by atoms with van der Waals surface area (Å²) < 4.78 is 28.3. The molecule has 0 aliphatic carbocycles. The Hall–Kier alpha value is -3.01. The van der Waals surface area contributed by atoms with Crippen LogP contribution in [0.25, 0.3) is 11.1 Å². The van der Waals surface area contributed by atoms with Gasteiger partial charge in [0.25, 0.3) is 5.91 Å². The number of benzene rings is 2. The maximum absolute atomic E-state index is 13.5. The quantitative estimate of drug-likeness (QED) is 0.596. The van der Waals surface area contributed by atoms with E-state index in [9.17, 15) is 18.0 Å². The zero-order valence-electron chi connectivity index (χ0n) is 18.2. The summed E-state index contributed by atoms with van der Waals surface area (Å²) in [6, 6.07) is 13.0. The lowest BCUT2D eigenvalue weighted by Crippen LogP contribution is -2.51. The van der Waals surface area contributed by atoms with Gasteiger partial charge in [0, 0.05) is 6.54 Å². The first-order valence-corrected chi connectivity index (χ1v) is 13.0. The molecule has 2 unspecified atom stereocenters. The van der Waals surface area contributed by atoms with E-state index in [0.717, 1.165) is 33.6 Å². The zero-order chi connectivity index (χ0) is 23.3. The maximum atomic E-state index is 13.5. The van der Waals surface area contributed by atoms with Crippen LogP contribution in [-0.4, -0.2) is 43.8 Å². The lowest BCUT2D eigenvalue weighted by molar-refractivity contribution is -0.120. The Kier molecular flexibility index (Phi) is 5.35. The number of aryl methyl sites for hydroxylation is 1. The van der Waals surface area contributed by atoms with E-state index in [1.165, 1.54) is 11.0 Å². The summed E-state index contributed by atoms with van der Waals surface area (Å²) >= 11 is 1.11. The summed E-state index contributed by atoms with van der Waals surface area (Å²) in [6.07, 6.45) is 0.362. The molecule has 7 nitrogen and oxygen atoms in total. The van der Waals surface area contributed by atoms with Crippen LogP contribution < -0.4 is 10.0 Å². The molecule has 170 valence electrons. The Morgan fingerprint density at radius 1 is 1.06 bits per heavy atom. The first-order valence-electron chi connectivity index (χ1n) is 10.6. The Morgan fingerprint density at radius 3 is 2.64 bits per heavy atom. The van der Waals surface area contributed by atoms with Gasteiger partial charge in [-0.15, -0.1) is 11.3 Å². The smallest absolute Gasteiger partial charge is 0.256 e. The van der Waals surface area contributed by atoms with Crippen molar-refractivity contribution >= 4 is 38.9 Å². The van der Waals surface area contributed by atoms with E-state index >= 15 is 0 Å². The van der Waals surface area contributed by atoms with Crippen LogP contribution in [0, 0.1) is 13.8 Å². The molecule has 2 atom stereocenters. The van der Waals surface area contributed by atoms with E-state index in [2.05, 4.69) is 10.0 Å². The molecule has 0 radical (unpaired) electrons. The fraction of sp³-hybridized carbons (Fsp3) is 0.250. The van der Waals surface area contributed by atoms with Crippen LogP contribution >= 0.6 is 11.3 Å². The lowest BCUT2D eigenvalue weighted by Gasteiger charge is -2.24. The number of thiophene rings is 1. The second-order valence-corrected chi connectivity index (χ2v) is 11.3. The number of amides is 2. The monoisotopic (exact) mass is 481 g/mol. The molecule has 2 aliphatic rings. The molecule has 0 spiro atoms. The van der Waals surface area contributed by atoms with Crippen LogP contribution in [0.1, 0.15) is 27.9 Å². The first-order chi connectivity index (χ1) is 15.8. The molecule has 3 aromatic rings. The minimum Gasteiger partial charge on any atom is -0.325 e. The Balaban J connectivity index is 1.48. The van der Waals surface area contributed by atoms with E-state index in [0.29, 0.717) is 24.2 Å². The molecule has 2 aliphatic heterocycles. The van der Waals surface area contributed by atoms with Gasteiger partial charge >= 0.3 is 0 Å². The largest absolute Gasteiger partial charge is 0.325 e. The SMILES string of the molecule is Cc1cccc(-c2ccc3c(c2)C(=O)N2CCC(NS(=O)(=O)c4cccs4)C2C(=O)N3)c1C. The first kappa shape index (κ1) is 21.8.